The minimum Gasteiger partial charge on any atom is -0.322 e. The highest BCUT2D eigenvalue weighted by Gasteiger charge is 2.13. The number of hydrogen-bond donors (Lipinski definition) is 1. The third-order valence-electron chi connectivity index (χ3n) is 4.11. The fourth-order valence-electron chi connectivity index (χ4n) is 2.88. The Kier molecular flexibility index (Phi) is 4.20. The van der Waals surface area contributed by atoms with Gasteiger partial charge in [0, 0.05) is 11.3 Å². The number of anilines is 1. The molecule has 1 N–H and O–H groups in total. The molecule has 1 aliphatic rings. The highest BCUT2D eigenvalue weighted by molar-refractivity contribution is 6.04. The smallest absolute Gasteiger partial charge is 0.255 e. The zero-order chi connectivity index (χ0) is 15.4. The van der Waals surface area contributed by atoms with Gasteiger partial charge in [0.15, 0.2) is 0 Å². The van der Waals surface area contributed by atoms with E-state index in [1.807, 2.05) is 36.4 Å². The van der Waals surface area contributed by atoms with Crippen molar-refractivity contribution in [1.82, 2.24) is 0 Å². The van der Waals surface area contributed by atoms with E-state index in [-0.39, 0.29) is 5.91 Å². The van der Waals surface area contributed by atoms with Crippen LogP contribution in [0.4, 0.5) is 5.69 Å². The van der Waals surface area contributed by atoms with Gasteiger partial charge in [-0.25, -0.2) is 0 Å². The van der Waals surface area contributed by atoms with Crippen LogP contribution in [0, 0.1) is 11.3 Å². The lowest BCUT2D eigenvalue weighted by atomic mass is 9.90. The molecule has 0 unspecified atom stereocenters. The zero-order valence-corrected chi connectivity index (χ0v) is 12.4. The number of carbonyl (C=O) groups excluding carboxylic acids is 1. The first kappa shape index (κ1) is 14.3. The number of fused-ring (bicyclic) bond motifs is 1. The van der Waals surface area contributed by atoms with Crippen molar-refractivity contribution in [3.05, 3.63) is 64.7 Å². The second-order valence-corrected chi connectivity index (χ2v) is 5.68. The molecule has 0 atom stereocenters. The molecule has 2 aromatic carbocycles. The van der Waals surface area contributed by atoms with Gasteiger partial charge in [0.2, 0.25) is 0 Å². The van der Waals surface area contributed by atoms with Crippen molar-refractivity contribution in [3.8, 4) is 6.07 Å². The lowest BCUT2D eigenvalue weighted by Gasteiger charge is -2.16. The van der Waals surface area contributed by atoms with E-state index >= 15 is 0 Å². The first-order valence-electron chi connectivity index (χ1n) is 7.65. The predicted octanol–water partition coefficient (Wildman–Crippen LogP) is 3.88. The Balaban J connectivity index is 1.72. The van der Waals surface area contributed by atoms with E-state index in [0.29, 0.717) is 12.0 Å². The van der Waals surface area contributed by atoms with Crippen LogP contribution < -0.4 is 5.32 Å². The molecular formula is C19H18N2O. The molecule has 0 fully saturated rings. The van der Waals surface area contributed by atoms with Gasteiger partial charge in [-0.05, 0) is 66.6 Å². The summed E-state index contributed by atoms with van der Waals surface area (Å²) in [6.45, 7) is 0. The van der Waals surface area contributed by atoms with Gasteiger partial charge in [0.1, 0.15) is 0 Å². The molecule has 110 valence electrons. The normalized spacial score (nSPS) is 13.0. The van der Waals surface area contributed by atoms with Gasteiger partial charge in [-0.15, -0.1) is 0 Å². The van der Waals surface area contributed by atoms with Gasteiger partial charge in [-0.2, -0.15) is 5.26 Å². The average Bonchev–Trinajstić information content (AvgIpc) is 2.56. The molecule has 2 aromatic rings. The third kappa shape index (κ3) is 3.17. The molecule has 3 nitrogen and oxygen atoms in total. The Bertz CT molecular complexity index is 726. The largest absolute Gasteiger partial charge is 0.322 e. The number of nitriles is 1. The Morgan fingerprint density at radius 1 is 1.05 bits per heavy atom. The number of hydrogen-bond acceptors (Lipinski definition) is 2. The van der Waals surface area contributed by atoms with Crippen molar-refractivity contribution < 1.29 is 4.79 Å². The van der Waals surface area contributed by atoms with Crippen LogP contribution in [0.25, 0.3) is 0 Å². The fraction of sp³-hybridized carbons (Fsp3) is 0.263. The summed E-state index contributed by atoms with van der Waals surface area (Å²) in [5, 5.41) is 11.6. The number of nitrogens with zero attached hydrogens (tertiary/aromatic N) is 1. The number of benzene rings is 2. The summed E-state index contributed by atoms with van der Waals surface area (Å²) < 4.78 is 0. The molecule has 0 aliphatic heterocycles. The summed E-state index contributed by atoms with van der Waals surface area (Å²) in [5.74, 6) is -0.0820. The molecule has 0 spiro atoms. The zero-order valence-electron chi connectivity index (χ0n) is 12.4. The lowest BCUT2D eigenvalue weighted by Crippen LogP contribution is -2.13. The monoisotopic (exact) mass is 290 g/mol. The molecule has 1 amide bonds. The maximum Gasteiger partial charge on any atom is 0.255 e. The van der Waals surface area contributed by atoms with Crippen molar-refractivity contribution in [1.29, 1.82) is 5.26 Å². The summed E-state index contributed by atoms with van der Waals surface area (Å²) in [6.07, 6.45) is 5.03. The molecule has 0 heterocycles. The van der Waals surface area contributed by atoms with Crippen LogP contribution >= 0.6 is 0 Å². The Morgan fingerprint density at radius 2 is 1.77 bits per heavy atom. The van der Waals surface area contributed by atoms with Gasteiger partial charge in [0.05, 0.1) is 12.5 Å². The molecule has 3 heteroatoms. The van der Waals surface area contributed by atoms with Gasteiger partial charge >= 0.3 is 0 Å². The highest BCUT2D eigenvalue weighted by Crippen LogP contribution is 2.22. The Hall–Kier alpha value is -2.60. The second kappa shape index (κ2) is 6.44. The molecule has 3 rings (SSSR count). The third-order valence-corrected chi connectivity index (χ3v) is 4.11. The van der Waals surface area contributed by atoms with Crippen LogP contribution in [0.5, 0.6) is 0 Å². The molecule has 0 saturated heterocycles. The minimum atomic E-state index is -0.0820. The SMILES string of the molecule is N#CCc1ccc(NC(=O)c2ccc3c(c2)CCCC3)cc1. The average molecular weight is 290 g/mol. The van der Waals surface area contributed by atoms with E-state index in [0.717, 1.165) is 24.1 Å². The summed E-state index contributed by atoms with van der Waals surface area (Å²) in [5.41, 5.74) is 5.10. The van der Waals surface area contributed by atoms with E-state index in [4.69, 9.17) is 5.26 Å². The van der Waals surface area contributed by atoms with Crippen molar-refractivity contribution in [2.24, 2.45) is 0 Å². The maximum atomic E-state index is 12.3. The number of rotatable bonds is 3. The van der Waals surface area contributed by atoms with Crippen LogP contribution in [0.15, 0.2) is 42.5 Å². The van der Waals surface area contributed by atoms with Crippen LogP contribution in [-0.2, 0) is 19.3 Å². The van der Waals surface area contributed by atoms with Crippen LogP contribution in [-0.4, -0.2) is 5.91 Å². The maximum absolute atomic E-state index is 12.3. The summed E-state index contributed by atoms with van der Waals surface area (Å²) in [7, 11) is 0. The minimum absolute atomic E-state index is 0.0820. The molecule has 0 radical (unpaired) electrons. The lowest BCUT2D eigenvalue weighted by molar-refractivity contribution is 0.102. The highest BCUT2D eigenvalue weighted by atomic mass is 16.1. The predicted molar refractivity (Wildman–Crippen MR) is 86.8 cm³/mol. The van der Waals surface area contributed by atoms with Crippen molar-refractivity contribution >= 4 is 11.6 Å². The number of aryl methyl sites for hydroxylation is 2. The van der Waals surface area contributed by atoms with Gasteiger partial charge in [0.25, 0.3) is 5.91 Å². The van der Waals surface area contributed by atoms with E-state index in [1.165, 1.54) is 24.0 Å². The first-order chi connectivity index (χ1) is 10.8. The molecule has 1 aliphatic carbocycles. The van der Waals surface area contributed by atoms with Crippen LogP contribution in [0.2, 0.25) is 0 Å². The van der Waals surface area contributed by atoms with Crippen LogP contribution in [0.1, 0.15) is 39.9 Å². The first-order valence-corrected chi connectivity index (χ1v) is 7.65. The number of carbonyl (C=O) groups is 1. The molecule has 0 saturated carbocycles. The van der Waals surface area contributed by atoms with Crippen molar-refractivity contribution in [3.63, 3.8) is 0 Å². The van der Waals surface area contributed by atoms with E-state index in [9.17, 15) is 4.79 Å². The van der Waals surface area contributed by atoms with Gasteiger partial charge < -0.3 is 5.32 Å². The van der Waals surface area contributed by atoms with Crippen molar-refractivity contribution in [2.75, 3.05) is 5.32 Å². The van der Waals surface area contributed by atoms with Crippen molar-refractivity contribution in [2.45, 2.75) is 32.1 Å². The number of nitrogens with one attached hydrogen (secondary N) is 1. The molecule has 0 aromatic heterocycles. The molecule has 0 bridgehead atoms. The molecular weight excluding hydrogens is 272 g/mol. The fourth-order valence-corrected chi connectivity index (χ4v) is 2.88. The standard InChI is InChI=1S/C19H18N2O/c20-12-11-14-5-9-18(10-6-14)21-19(22)17-8-7-15-3-1-2-4-16(15)13-17/h5-10,13H,1-4,11H2,(H,21,22). The van der Waals surface area contributed by atoms with Gasteiger partial charge in [-0.1, -0.05) is 18.2 Å². The quantitative estimate of drug-likeness (QED) is 0.932. The van der Waals surface area contributed by atoms with Crippen LogP contribution in [0.3, 0.4) is 0 Å². The van der Waals surface area contributed by atoms with E-state index < -0.39 is 0 Å². The van der Waals surface area contributed by atoms with Gasteiger partial charge in [-0.3, -0.25) is 4.79 Å². The summed E-state index contributed by atoms with van der Waals surface area (Å²) in [6, 6.07) is 15.5. The Labute approximate surface area is 130 Å². The Morgan fingerprint density at radius 3 is 2.50 bits per heavy atom. The second-order valence-electron chi connectivity index (χ2n) is 5.68. The summed E-state index contributed by atoms with van der Waals surface area (Å²) in [4.78, 5) is 12.3. The number of amides is 1. The topological polar surface area (TPSA) is 52.9 Å². The molecule has 22 heavy (non-hydrogen) atoms. The van der Waals surface area contributed by atoms with E-state index in [1.54, 1.807) is 0 Å². The van der Waals surface area contributed by atoms with E-state index in [2.05, 4.69) is 17.5 Å². The summed E-state index contributed by atoms with van der Waals surface area (Å²) >= 11 is 0.